The highest BCUT2D eigenvalue weighted by Gasteiger charge is 2.47. The Balaban J connectivity index is 1.99. The van der Waals surface area contributed by atoms with Gasteiger partial charge in [0, 0.05) is 21.3 Å². The third kappa shape index (κ3) is 3.36. The van der Waals surface area contributed by atoms with Gasteiger partial charge in [0.25, 0.3) is 11.7 Å². The van der Waals surface area contributed by atoms with Crippen LogP contribution in [0.5, 0.6) is 0 Å². The van der Waals surface area contributed by atoms with Crippen molar-refractivity contribution in [3.8, 4) is 0 Å². The van der Waals surface area contributed by atoms with Crippen molar-refractivity contribution in [2.75, 3.05) is 4.90 Å². The van der Waals surface area contributed by atoms with Crippen molar-refractivity contribution < 1.29 is 19.1 Å². The standard InChI is InChI=1S/C23H15BrFNO3/c24-15-9-6-10-16(13-15)26-20(17-11-4-5-12-18(17)25)19(22(28)23(26)29)21(27)14-7-2-1-3-8-14/h1-13,20,27H/b21-19-. The summed E-state index contributed by atoms with van der Waals surface area (Å²) in [6.45, 7) is 0. The molecule has 144 valence electrons. The Hall–Kier alpha value is -3.25. The Bertz CT molecular complexity index is 1140. The maximum Gasteiger partial charge on any atom is 0.300 e. The zero-order valence-corrected chi connectivity index (χ0v) is 16.6. The molecule has 4 rings (SSSR count). The average molecular weight is 452 g/mol. The lowest BCUT2D eigenvalue weighted by molar-refractivity contribution is -0.132. The molecule has 1 unspecified atom stereocenters. The largest absolute Gasteiger partial charge is 0.507 e. The van der Waals surface area contributed by atoms with Crippen LogP contribution in [0.4, 0.5) is 10.1 Å². The molecule has 3 aromatic rings. The van der Waals surface area contributed by atoms with E-state index in [-0.39, 0.29) is 16.9 Å². The van der Waals surface area contributed by atoms with E-state index in [0.717, 1.165) is 0 Å². The molecular weight excluding hydrogens is 437 g/mol. The van der Waals surface area contributed by atoms with Gasteiger partial charge in [-0.2, -0.15) is 0 Å². The molecular formula is C23H15BrFNO3. The summed E-state index contributed by atoms with van der Waals surface area (Å²) in [6.07, 6.45) is 0. The number of aliphatic hydroxyl groups excluding tert-OH is 1. The summed E-state index contributed by atoms with van der Waals surface area (Å²) in [5.74, 6) is -2.60. The highest BCUT2D eigenvalue weighted by atomic mass is 79.9. The van der Waals surface area contributed by atoms with Crippen LogP contribution in [0.1, 0.15) is 17.2 Å². The SMILES string of the molecule is O=C1C(=O)N(c2cccc(Br)c2)C(c2ccccc2F)/C1=C(/O)c1ccccc1. The van der Waals surface area contributed by atoms with Gasteiger partial charge in [-0.15, -0.1) is 0 Å². The number of anilines is 1. The van der Waals surface area contributed by atoms with Crippen molar-refractivity contribution in [1.29, 1.82) is 0 Å². The van der Waals surface area contributed by atoms with Crippen molar-refractivity contribution in [1.82, 2.24) is 0 Å². The van der Waals surface area contributed by atoms with Crippen LogP contribution in [-0.2, 0) is 9.59 Å². The van der Waals surface area contributed by atoms with E-state index >= 15 is 0 Å². The zero-order chi connectivity index (χ0) is 20.5. The highest BCUT2D eigenvalue weighted by Crippen LogP contribution is 2.43. The molecule has 1 amide bonds. The summed E-state index contributed by atoms with van der Waals surface area (Å²) in [7, 11) is 0. The Labute approximate surface area is 175 Å². The van der Waals surface area contributed by atoms with E-state index in [1.165, 1.54) is 23.1 Å². The van der Waals surface area contributed by atoms with Gasteiger partial charge < -0.3 is 5.11 Å². The number of carbonyl (C=O) groups is 2. The number of hydrogen-bond donors (Lipinski definition) is 1. The highest BCUT2D eigenvalue weighted by molar-refractivity contribution is 9.10. The maximum absolute atomic E-state index is 14.7. The number of rotatable bonds is 3. The van der Waals surface area contributed by atoms with Gasteiger partial charge >= 0.3 is 0 Å². The first-order valence-electron chi connectivity index (χ1n) is 8.85. The number of nitrogens with zero attached hydrogens (tertiary/aromatic N) is 1. The van der Waals surface area contributed by atoms with Gasteiger partial charge in [0.2, 0.25) is 0 Å². The molecule has 1 fully saturated rings. The van der Waals surface area contributed by atoms with Crippen LogP contribution in [0.2, 0.25) is 0 Å². The second-order valence-corrected chi connectivity index (χ2v) is 7.45. The molecule has 29 heavy (non-hydrogen) atoms. The molecule has 1 atom stereocenters. The zero-order valence-electron chi connectivity index (χ0n) is 15.0. The third-order valence-electron chi connectivity index (χ3n) is 4.78. The van der Waals surface area contributed by atoms with Gasteiger partial charge in [-0.25, -0.2) is 4.39 Å². The second kappa shape index (κ2) is 7.64. The van der Waals surface area contributed by atoms with Crippen molar-refractivity contribution in [2.45, 2.75) is 6.04 Å². The van der Waals surface area contributed by atoms with Crippen LogP contribution in [-0.4, -0.2) is 16.8 Å². The Morgan fingerprint density at radius 2 is 1.62 bits per heavy atom. The third-order valence-corrected chi connectivity index (χ3v) is 5.27. The number of aliphatic hydroxyl groups is 1. The molecule has 0 aromatic heterocycles. The monoisotopic (exact) mass is 451 g/mol. The minimum atomic E-state index is -1.09. The maximum atomic E-state index is 14.7. The predicted octanol–water partition coefficient (Wildman–Crippen LogP) is 5.21. The molecule has 0 spiro atoms. The number of ketones is 1. The lowest BCUT2D eigenvalue weighted by Crippen LogP contribution is -2.29. The van der Waals surface area contributed by atoms with Crippen molar-refractivity contribution in [3.63, 3.8) is 0 Å². The summed E-state index contributed by atoms with van der Waals surface area (Å²) in [4.78, 5) is 27.1. The van der Waals surface area contributed by atoms with Gasteiger partial charge in [-0.1, -0.05) is 70.5 Å². The fourth-order valence-corrected chi connectivity index (χ4v) is 3.85. The van der Waals surface area contributed by atoms with Crippen molar-refractivity contribution in [3.05, 3.63) is 106 Å². The summed E-state index contributed by atoms with van der Waals surface area (Å²) in [5, 5.41) is 10.9. The van der Waals surface area contributed by atoms with E-state index in [0.29, 0.717) is 15.7 Å². The van der Waals surface area contributed by atoms with Crippen LogP contribution < -0.4 is 4.90 Å². The molecule has 0 bridgehead atoms. The molecule has 1 saturated heterocycles. The molecule has 1 N–H and O–H groups in total. The van der Waals surface area contributed by atoms with E-state index in [1.54, 1.807) is 60.7 Å². The minimum absolute atomic E-state index is 0.129. The van der Waals surface area contributed by atoms with E-state index in [1.807, 2.05) is 0 Å². The number of Topliss-reactive ketones (excluding diaryl/α,β-unsaturated/α-hetero) is 1. The van der Waals surface area contributed by atoms with Gasteiger partial charge in [0.1, 0.15) is 11.6 Å². The number of benzene rings is 3. The van der Waals surface area contributed by atoms with Crippen molar-refractivity contribution in [2.24, 2.45) is 0 Å². The first-order valence-corrected chi connectivity index (χ1v) is 9.64. The van der Waals surface area contributed by atoms with Gasteiger partial charge in [0.05, 0.1) is 11.6 Å². The molecule has 0 radical (unpaired) electrons. The molecule has 3 aromatic carbocycles. The quantitative estimate of drug-likeness (QED) is 0.337. The van der Waals surface area contributed by atoms with Gasteiger partial charge in [0.15, 0.2) is 0 Å². The topological polar surface area (TPSA) is 57.6 Å². The van der Waals surface area contributed by atoms with Crippen molar-refractivity contribution >= 4 is 39.1 Å². The van der Waals surface area contributed by atoms with Crippen LogP contribution in [0.25, 0.3) is 5.76 Å². The van der Waals surface area contributed by atoms with E-state index < -0.39 is 23.5 Å². The molecule has 0 saturated carbocycles. The van der Waals surface area contributed by atoms with Crippen LogP contribution in [0, 0.1) is 5.82 Å². The second-order valence-electron chi connectivity index (χ2n) is 6.54. The smallest absolute Gasteiger partial charge is 0.300 e. The first kappa shape index (κ1) is 19.1. The molecule has 0 aliphatic carbocycles. The lowest BCUT2D eigenvalue weighted by Gasteiger charge is -2.25. The predicted molar refractivity (Wildman–Crippen MR) is 112 cm³/mol. The lowest BCUT2D eigenvalue weighted by atomic mass is 9.95. The number of halogens is 2. The Morgan fingerprint density at radius 3 is 2.31 bits per heavy atom. The summed E-state index contributed by atoms with van der Waals surface area (Å²) >= 11 is 3.36. The van der Waals surface area contributed by atoms with Gasteiger partial charge in [-0.3, -0.25) is 14.5 Å². The normalized spacial score (nSPS) is 18.3. The number of hydrogen-bond acceptors (Lipinski definition) is 3. The Morgan fingerprint density at radius 1 is 0.931 bits per heavy atom. The fraction of sp³-hybridized carbons (Fsp3) is 0.0435. The summed E-state index contributed by atoms with van der Waals surface area (Å²) < 4.78 is 15.4. The number of amides is 1. The minimum Gasteiger partial charge on any atom is -0.507 e. The number of carbonyl (C=O) groups excluding carboxylic acids is 2. The molecule has 6 heteroatoms. The summed E-state index contributed by atoms with van der Waals surface area (Å²) in [6, 6.07) is 20.1. The van der Waals surface area contributed by atoms with Crippen LogP contribution in [0.3, 0.4) is 0 Å². The van der Waals surface area contributed by atoms with E-state index in [4.69, 9.17) is 0 Å². The van der Waals surface area contributed by atoms with E-state index in [9.17, 15) is 19.1 Å². The average Bonchev–Trinajstić information content (AvgIpc) is 2.99. The van der Waals surface area contributed by atoms with Crippen LogP contribution in [0.15, 0.2) is 88.9 Å². The molecule has 1 heterocycles. The van der Waals surface area contributed by atoms with E-state index in [2.05, 4.69) is 15.9 Å². The molecule has 1 aliphatic heterocycles. The molecule has 1 aliphatic rings. The first-order chi connectivity index (χ1) is 14.0. The fourth-order valence-electron chi connectivity index (χ4n) is 3.47. The van der Waals surface area contributed by atoms with Crippen LogP contribution >= 0.6 is 15.9 Å². The summed E-state index contributed by atoms with van der Waals surface area (Å²) in [5.41, 5.74) is 0.776. The molecule has 4 nitrogen and oxygen atoms in total. The van der Waals surface area contributed by atoms with Gasteiger partial charge in [-0.05, 0) is 24.3 Å². The Kier molecular flexibility index (Phi) is 5.03.